The van der Waals surface area contributed by atoms with E-state index in [9.17, 15) is 4.79 Å². The van der Waals surface area contributed by atoms with Crippen LogP contribution in [0, 0.1) is 0 Å². The largest absolute Gasteiger partial charge is 0.481 e. The second kappa shape index (κ2) is 4.79. The molecule has 0 unspecified atom stereocenters. The molecule has 4 heteroatoms. The van der Waals surface area contributed by atoms with Crippen molar-refractivity contribution < 1.29 is 9.90 Å². The average molecular weight is 196 g/mol. The highest BCUT2D eigenvalue weighted by Gasteiger charge is 2.06. The van der Waals surface area contributed by atoms with Crippen molar-refractivity contribution in [3.05, 3.63) is 17.5 Å². The molecule has 78 valence electrons. The summed E-state index contributed by atoms with van der Waals surface area (Å²) in [6.45, 7) is 4.95. The van der Waals surface area contributed by atoms with Crippen LogP contribution in [0.2, 0.25) is 0 Å². The molecule has 0 bridgehead atoms. The molecular formula is C10H16N2O2. The van der Waals surface area contributed by atoms with Crippen LogP contribution in [0.1, 0.15) is 31.7 Å². The van der Waals surface area contributed by atoms with Gasteiger partial charge in [-0.2, -0.15) is 5.10 Å². The maximum absolute atomic E-state index is 10.4. The number of carboxylic acid groups (broad SMARTS) is 1. The van der Waals surface area contributed by atoms with Crippen molar-refractivity contribution in [2.75, 3.05) is 0 Å². The Balaban J connectivity index is 2.69. The van der Waals surface area contributed by atoms with Crippen molar-refractivity contribution in [2.24, 2.45) is 0 Å². The number of carboxylic acids is 1. The normalized spacial score (nSPS) is 10.4. The Morgan fingerprint density at radius 2 is 2.29 bits per heavy atom. The molecule has 0 spiro atoms. The highest BCUT2D eigenvalue weighted by molar-refractivity contribution is 5.66. The Morgan fingerprint density at radius 3 is 2.71 bits per heavy atom. The molecule has 0 atom stereocenters. The summed E-state index contributed by atoms with van der Waals surface area (Å²) in [6, 6.07) is 1.99. The van der Waals surface area contributed by atoms with Crippen LogP contribution in [0.4, 0.5) is 0 Å². The van der Waals surface area contributed by atoms with Gasteiger partial charge in [0.05, 0.1) is 12.1 Å². The smallest absolute Gasteiger partial charge is 0.303 e. The first kappa shape index (κ1) is 10.8. The number of rotatable bonds is 5. The van der Waals surface area contributed by atoms with Gasteiger partial charge in [-0.05, 0) is 19.4 Å². The van der Waals surface area contributed by atoms with Gasteiger partial charge in [0, 0.05) is 18.7 Å². The van der Waals surface area contributed by atoms with Gasteiger partial charge in [0.2, 0.25) is 0 Å². The molecule has 1 N–H and O–H groups in total. The van der Waals surface area contributed by atoms with E-state index in [-0.39, 0.29) is 6.42 Å². The Kier molecular flexibility index (Phi) is 3.68. The molecule has 4 nitrogen and oxygen atoms in total. The van der Waals surface area contributed by atoms with Crippen molar-refractivity contribution in [3.8, 4) is 0 Å². The Morgan fingerprint density at radius 1 is 1.57 bits per heavy atom. The van der Waals surface area contributed by atoms with E-state index in [4.69, 9.17) is 5.11 Å². The van der Waals surface area contributed by atoms with Crippen LogP contribution >= 0.6 is 0 Å². The SMILES string of the molecule is CCc1cc(CCC(=O)O)nn1CC. The van der Waals surface area contributed by atoms with Crippen LogP contribution in [-0.4, -0.2) is 20.9 Å². The predicted molar refractivity (Wildman–Crippen MR) is 53.2 cm³/mol. The molecule has 0 amide bonds. The first-order chi connectivity index (χ1) is 6.67. The van der Waals surface area contributed by atoms with Crippen LogP contribution in [0.15, 0.2) is 6.07 Å². The summed E-state index contributed by atoms with van der Waals surface area (Å²) in [5, 5.41) is 12.9. The van der Waals surface area contributed by atoms with Crippen molar-refractivity contribution in [2.45, 2.75) is 39.7 Å². The van der Waals surface area contributed by atoms with Crippen LogP contribution in [0.5, 0.6) is 0 Å². The first-order valence-corrected chi connectivity index (χ1v) is 4.94. The topological polar surface area (TPSA) is 55.1 Å². The van der Waals surface area contributed by atoms with Gasteiger partial charge in [-0.25, -0.2) is 0 Å². The Hall–Kier alpha value is -1.32. The highest BCUT2D eigenvalue weighted by atomic mass is 16.4. The first-order valence-electron chi connectivity index (χ1n) is 4.94. The molecule has 0 aliphatic rings. The number of hydrogen-bond donors (Lipinski definition) is 1. The third kappa shape index (κ3) is 2.58. The Labute approximate surface area is 83.5 Å². The van der Waals surface area contributed by atoms with Crippen LogP contribution in [-0.2, 0) is 24.2 Å². The maximum atomic E-state index is 10.4. The molecule has 0 saturated heterocycles. The molecule has 0 fully saturated rings. The molecule has 1 heterocycles. The van der Waals surface area contributed by atoms with Crippen molar-refractivity contribution in [1.29, 1.82) is 0 Å². The monoisotopic (exact) mass is 196 g/mol. The average Bonchev–Trinajstić information content (AvgIpc) is 2.57. The lowest BCUT2D eigenvalue weighted by Crippen LogP contribution is -2.02. The van der Waals surface area contributed by atoms with Crippen LogP contribution < -0.4 is 0 Å². The summed E-state index contributed by atoms with van der Waals surface area (Å²) >= 11 is 0. The van der Waals surface area contributed by atoms with Gasteiger partial charge >= 0.3 is 5.97 Å². The van der Waals surface area contributed by atoms with Gasteiger partial charge in [0.15, 0.2) is 0 Å². The molecule has 0 aromatic carbocycles. The van der Waals surface area contributed by atoms with E-state index in [1.165, 1.54) is 5.69 Å². The fourth-order valence-corrected chi connectivity index (χ4v) is 1.43. The van der Waals surface area contributed by atoms with Crippen LogP contribution in [0.25, 0.3) is 0 Å². The molecule has 1 rings (SSSR count). The second-order valence-electron chi connectivity index (χ2n) is 3.19. The van der Waals surface area contributed by atoms with E-state index in [1.807, 2.05) is 17.7 Å². The number of aliphatic carboxylic acids is 1. The number of carbonyl (C=O) groups is 1. The lowest BCUT2D eigenvalue weighted by atomic mass is 10.2. The lowest BCUT2D eigenvalue weighted by molar-refractivity contribution is -0.136. The summed E-state index contributed by atoms with van der Waals surface area (Å²) < 4.78 is 1.93. The van der Waals surface area contributed by atoms with Gasteiger partial charge < -0.3 is 5.11 Å². The fraction of sp³-hybridized carbons (Fsp3) is 0.600. The number of nitrogens with zero attached hydrogens (tertiary/aromatic N) is 2. The highest BCUT2D eigenvalue weighted by Crippen LogP contribution is 2.07. The summed E-state index contributed by atoms with van der Waals surface area (Å²) in [6.07, 6.45) is 1.62. The van der Waals surface area contributed by atoms with Crippen molar-refractivity contribution in [3.63, 3.8) is 0 Å². The second-order valence-corrected chi connectivity index (χ2v) is 3.19. The minimum atomic E-state index is -0.769. The number of aryl methyl sites for hydroxylation is 3. The summed E-state index contributed by atoms with van der Waals surface area (Å²) in [5.74, 6) is -0.769. The van der Waals surface area contributed by atoms with Gasteiger partial charge in [-0.1, -0.05) is 6.92 Å². The zero-order chi connectivity index (χ0) is 10.6. The molecule has 0 aliphatic carbocycles. The van der Waals surface area contributed by atoms with Gasteiger partial charge in [0.25, 0.3) is 0 Å². The van der Waals surface area contributed by atoms with E-state index in [2.05, 4.69) is 12.0 Å². The van der Waals surface area contributed by atoms with Crippen LogP contribution in [0.3, 0.4) is 0 Å². The van der Waals surface area contributed by atoms with Crippen molar-refractivity contribution in [1.82, 2.24) is 9.78 Å². The third-order valence-electron chi connectivity index (χ3n) is 2.17. The molecular weight excluding hydrogens is 180 g/mol. The summed E-state index contributed by atoms with van der Waals surface area (Å²) in [7, 11) is 0. The number of hydrogen-bond acceptors (Lipinski definition) is 2. The molecule has 0 saturated carbocycles. The van der Waals surface area contributed by atoms with Gasteiger partial charge in [0.1, 0.15) is 0 Å². The quantitative estimate of drug-likeness (QED) is 0.776. The third-order valence-corrected chi connectivity index (χ3v) is 2.17. The predicted octanol–water partition coefficient (Wildman–Crippen LogP) is 1.48. The molecule has 14 heavy (non-hydrogen) atoms. The van der Waals surface area contributed by atoms with Crippen molar-refractivity contribution >= 4 is 5.97 Å². The molecule has 0 aliphatic heterocycles. The summed E-state index contributed by atoms with van der Waals surface area (Å²) in [4.78, 5) is 10.4. The Bertz CT molecular complexity index is 296. The fourth-order valence-electron chi connectivity index (χ4n) is 1.43. The molecule has 0 radical (unpaired) electrons. The zero-order valence-corrected chi connectivity index (χ0v) is 8.66. The molecule has 1 aromatic rings. The van der Waals surface area contributed by atoms with E-state index >= 15 is 0 Å². The zero-order valence-electron chi connectivity index (χ0n) is 8.66. The number of aromatic nitrogens is 2. The van der Waals surface area contributed by atoms with E-state index < -0.39 is 5.97 Å². The van der Waals surface area contributed by atoms with E-state index in [0.29, 0.717) is 6.42 Å². The van der Waals surface area contributed by atoms with E-state index in [1.54, 1.807) is 0 Å². The van der Waals surface area contributed by atoms with E-state index in [0.717, 1.165) is 18.7 Å². The summed E-state index contributed by atoms with van der Waals surface area (Å²) in [5.41, 5.74) is 2.05. The standard InChI is InChI=1S/C10H16N2O2/c1-3-9-7-8(5-6-10(13)14)11-12(9)4-2/h7H,3-6H2,1-2H3,(H,13,14). The molecule has 1 aromatic heterocycles. The maximum Gasteiger partial charge on any atom is 0.303 e. The lowest BCUT2D eigenvalue weighted by Gasteiger charge is -1.99. The minimum Gasteiger partial charge on any atom is -0.481 e. The minimum absolute atomic E-state index is 0.157. The van der Waals surface area contributed by atoms with Gasteiger partial charge in [-0.3, -0.25) is 9.48 Å². The van der Waals surface area contributed by atoms with Gasteiger partial charge in [-0.15, -0.1) is 0 Å².